The molecule has 0 atom stereocenters. The van der Waals surface area contributed by atoms with E-state index in [1.807, 2.05) is 24.4 Å². The van der Waals surface area contributed by atoms with Crippen molar-refractivity contribution in [3.05, 3.63) is 42.0 Å². The first-order valence-electron chi connectivity index (χ1n) is 5.83. The van der Waals surface area contributed by atoms with Gasteiger partial charge in [0.1, 0.15) is 28.2 Å². The predicted octanol–water partition coefficient (Wildman–Crippen LogP) is 1.98. The summed E-state index contributed by atoms with van der Waals surface area (Å²) in [6.45, 7) is 0. The summed E-state index contributed by atoms with van der Waals surface area (Å²) >= 11 is 0. The molecule has 0 saturated carbocycles. The molecule has 5 nitrogen and oxygen atoms in total. The van der Waals surface area contributed by atoms with Crippen LogP contribution in [-0.2, 0) is 0 Å². The highest BCUT2D eigenvalue weighted by molar-refractivity contribution is 5.90. The van der Waals surface area contributed by atoms with Crippen LogP contribution in [0.2, 0.25) is 0 Å². The lowest BCUT2D eigenvalue weighted by Gasteiger charge is -2.11. The Morgan fingerprint density at radius 2 is 1.79 bits per heavy atom. The lowest BCUT2D eigenvalue weighted by Crippen LogP contribution is -2.16. The average Bonchev–Trinajstić information content (AvgIpc) is 2.46. The first-order valence-corrected chi connectivity index (χ1v) is 5.83. The van der Waals surface area contributed by atoms with Crippen molar-refractivity contribution >= 4 is 16.6 Å². The van der Waals surface area contributed by atoms with Crippen LogP contribution in [0, 0.1) is 5.41 Å². The van der Waals surface area contributed by atoms with Gasteiger partial charge in [-0.25, -0.2) is 4.98 Å². The van der Waals surface area contributed by atoms with Crippen molar-refractivity contribution in [2.45, 2.75) is 0 Å². The molecule has 0 unspecified atom stereocenters. The van der Waals surface area contributed by atoms with E-state index in [2.05, 4.69) is 4.98 Å². The quantitative estimate of drug-likeness (QED) is 0.712. The molecule has 0 spiro atoms. The first kappa shape index (κ1) is 11.5. The molecule has 3 aromatic rings. The molecule has 0 radical (unpaired) electrons. The maximum Gasteiger partial charge on any atom is 0.145 e. The minimum absolute atomic E-state index is 0.330. The molecule has 0 saturated heterocycles. The monoisotopic (exact) mass is 255 g/mol. The maximum absolute atomic E-state index is 8.34. The molecule has 0 amide bonds. The SMILES string of the molecule is COc1ccc(OC)c2c(=N)n3ccccc3nc12. The van der Waals surface area contributed by atoms with Gasteiger partial charge in [0.15, 0.2) is 0 Å². The Bertz CT molecular complexity index is 824. The molecule has 3 rings (SSSR count). The zero-order chi connectivity index (χ0) is 13.4. The summed E-state index contributed by atoms with van der Waals surface area (Å²) in [6, 6.07) is 9.20. The van der Waals surface area contributed by atoms with Crippen molar-refractivity contribution in [1.29, 1.82) is 5.41 Å². The number of fused-ring (bicyclic) bond motifs is 2. The van der Waals surface area contributed by atoms with Crippen LogP contribution in [0.15, 0.2) is 36.5 Å². The molecule has 5 heteroatoms. The highest BCUT2D eigenvalue weighted by Gasteiger charge is 2.12. The Labute approximate surface area is 109 Å². The molecule has 0 aliphatic rings. The van der Waals surface area contributed by atoms with Crippen LogP contribution >= 0.6 is 0 Å². The van der Waals surface area contributed by atoms with Crippen molar-refractivity contribution in [3.8, 4) is 11.5 Å². The van der Waals surface area contributed by atoms with Crippen molar-refractivity contribution < 1.29 is 9.47 Å². The average molecular weight is 255 g/mol. The second-order valence-corrected chi connectivity index (χ2v) is 4.08. The van der Waals surface area contributed by atoms with Crippen molar-refractivity contribution in [1.82, 2.24) is 9.38 Å². The highest BCUT2D eigenvalue weighted by atomic mass is 16.5. The molecule has 0 aliphatic carbocycles. The minimum atomic E-state index is 0.330. The molecule has 96 valence electrons. The van der Waals surface area contributed by atoms with Gasteiger partial charge in [0.2, 0.25) is 0 Å². The molecular weight excluding hydrogens is 242 g/mol. The van der Waals surface area contributed by atoms with Crippen LogP contribution in [-0.4, -0.2) is 23.6 Å². The zero-order valence-corrected chi connectivity index (χ0v) is 10.7. The molecule has 0 aliphatic heterocycles. The number of nitrogens with one attached hydrogen (secondary N) is 1. The van der Waals surface area contributed by atoms with Gasteiger partial charge in [0, 0.05) is 6.20 Å². The second-order valence-electron chi connectivity index (χ2n) is 4.08. The Morgan fingerprint density at radius 1 is 1.05 bits per heavy atom. The van der Waals surface area contributed by atoms with E-state index < -0.39 is 0 Å². The van der Waals surface area contributed by atoms with Crippen LogP contribution in [0.4, 0.5) is 0 Å². The van der Waals surface area contributed by atoms with E-state index in [0.29, 0.717) is 33.5 Å². The van der Waals surface area contributed by atoms with Gasteiger partial charge in [-0.05, 0) is 24.3 Å². The smallest absolute Gasteiger partial charge is 0.145 e. The maximum atomic E-state index is 8.34. The van der Waals surface area contributed by atoms with Gasteiger partial charge in [-0.1, -0.05) is 6.07 Å². The Kier molecular flexibility index (Phi) is 2.59. The fourth-order valence-electron chi connectivity index (χ4n) is 2.18. The van der Waals surface area contributed by atoms with Gasteiger partial charge in [-0.2, -0.15) is 0 Å². The van der Waals surface area contributed by atoms with Gasteiger partial charge in [-0.15, -0.1) is 0 Å². The molecule has 1 aromatic carbocycles. The van der Waals surface area contributed by atoms with Crippen LogP contribution < -0.4 is 15.0 Å². The summed E-state index contributed by atoms with van der Waals surface area (Å²) in [5.41, 5.74) is 1.67. The summed E-state index contributed by atoms with van der Waals surface area (Å²) in [4.78, 5) is 4.56. The first-order chi connectivity index (χ1) is 9.26. The summed E-state index contributed by atoms with van der Waals surface area (Å²) in [7, 11) is 3.18. The molecule has 0 bridgehead atoms. The normalized spacial score (nSPS) is 10.8. The number of methoxy groups -OCH3 is 2. The number of ether oxygens (including phenoxy) is 2. The number of hydrogen-bond donors (Lipinski definition) is 1. The van der Waals surface area contributed by atoms with E-state index in [9.17, 15) is 0 Å². The van der Waals surface area contributed by atoms with Crippen LogP contribution in [0.3, 0.4) is 0 Å². The molecule has 2 heterocycles. The third-order valence-electron chi connectivity index (χ3n) is 3.08. The number of pyridine rings is 1. The standard InChI is InChI=1S/C14H13N3O2/c1-18-9-6-7-10(19-2)13-12(9)14(15)17-8-4-3-5-11(17)16-13/h3-8,15H,1-2H3. The number of aromatic nitrogens is 2. The summed E-state index contributed by atoms with van der Waals surface area (Å²) in [6.07, 6.45) is 1.81. The number of benzene rings is 1. The van der Waals surface area contributed by atoms with Crippen molar-refractivity contribution in [2.75, 3.05) is 14.2 Å². The van der Waals surface area contributed by atoms with Crippen LogP contribution in [0.5, 0.6) is 11.5 Å². The van der Waals surface area contributed by atoms with Gasteiger partial charge in [0.25, 0.3) is 0 Å². The molecular formula is C14H13N3O2. The van der Waals surface area contributed by atoms with E-state index >= 15 is 0 Å². The van der Waals surface area contributed by atoms with Gasteiger partial charge in [0.05, 0.1) is 19.6 Å². The lowest BCUT2D eigenvalue weighted by atomic mass is 10.2. The fraction of sp³-hybridized carbons (Fsp3) is 0.143. The molecule has 19 heavy (non-hydrogen) atoms. The van der Waals surface area contributed by atoms with E-state index in [4.69, 9.17) is 14.9 Å². The molecule has 1 N–H and O–H groups in total. The predicted molar refractivity (Wildman–Crippen MR) is 71.7 cm³/mol. The van der Waals surface area contributed by atoms with Crippen LogP contribution in [0.25, 0.3) is 16.6 Å². The number of hydrogen-bond acceptors (Lipinski definition) is 4. The van der Waals surface area contributed by atoms with Gasteiger partial charge < -0.3 is 9.47 Å². The fourth-order valence-corrected chi connectivity index (χ4v) is 2.18. The highest BCUT2D eigenvalue weighted by Crippen LogP contribution is 2.29. The van der Waals surface area contributed by atoms with Crippen LogP contribution in [0.1, 0.15) is 0 Å². The van der Waals surface area contributed by atoms with Gasteiger partial charge in [-0.3, -0.25) is 9.81 Å². The van der Waals surface area contributed by atoms with E-state index in [1.54, 1.807) is 30.8 Å². The number of nitrogens with zero attached hydrogens (tertiary/aromatic N) is 2. The largest absolute Gasteiger partial charge is 0.496 e. The second kappa shape index (κ2) is 4.28. The third-order valence-corrected chi connectivity index (χ3v) is 3.08. The van der Waals surface area contributed by atoms with E-state index in [0.717, 1.165) is 0 Å². The summed E-state index contributed by atoms with van der Waals surface area (Å²) in [5.74, 6) is 1.25. The number of rotatable bonds is 2. The zero-order valence-electron chi connectivity index (χ0n) is 10.7. The Hall–Kier alpha value is -2.56. The summed E-state index contributed by atoms with van der Waals surface area (Å²) in [5, 5.41) is 8.98. The van der Waals surface area contributed by atoms with Crippen molar-refractivity contribution in [3.63, 3.8) is 0 Å². The van der Waals surface area contributed by atoms with E-state index in [1.165, 1.54) is 0 Å². The van der Waals surface area contributed by atoms with Gasteiger partial charge >= 0.3 is 0 Å². The Morgan fingerprint density at radius 3 is 2.53 bits per heavy atom. The molecule has 0 fully saturated rings. The summed E-state index contributed by atoms with van der Waals surface area (Å²) < 4.78 is 12.4. The lowest BCUT2D eigenvalue weighted by molar-refractivity contribution is 0.409. The minimum Gasteiger partial charge on any atom is -0.496 e. The van der Waals surface area contributed by atoms with Crippen molar-refractivity contribution in [2.24, 2.45) is 0 Å². The topological polar surface area (TPSA) is 59.6 Å². The third kappa shape index (κ3) is 1.62. The van der Waals surface area contributed by atoms with E-state index in [-0.39, 0.29) is 0 Å². The molecule has 2 aromatic heterocycles. The Balaban J connectivity index is 2.60.